The summed E-state index contributed by atoms with van der Waals surface area (Å²) in [6.45, 7) is 0. The third kappa shape index (κ3) is 1.29. The molecule has 0 fully saturated rings. The van der Waals surface area contributed by atoms with Gasteiger partial charge in [0.05, 0.1) is 6.20 Å². The van der Waals surface area contributed by atoms with Crippen LogP contribution in [0.3, 0.4) is 0 Å². The van der Waals surface area contributed by atoms with Crippen LogP contribution in [0.4, 0.5) is 5.95 Å². The minimum atomic E-state index is -0.381. The normalized spacial score (nSPS) is 10.5. The van der Waals surface area contributed by atoms with Gasteiger partial charge in [0.1, 0.15) is 4.64 Å². The minimum absolute atomic E-state index is 0.0381. The fraction of sp³-hybridized carbons (Fsp3) is 0. The molecule has 2 heterocycles. The van der Waals surface area contributed by atoms with Gasteiger partial charge < -0.3 is 10.7 Å². The number of H-pyrrole nitrogens is 2. The second kappa shape index (κ2) is 2.63. The van der Waals surface area contributed by atoms with E-state index in [4.69, 9.17) is 18.0 Å². The maximum absolute atomic E-state index is 11.2. The van der Waals surface area contributed by atoms with Crippen LogP contribution in [0.2, 0.25) is 0 Å². The molecule has 0 aliphatic heterocycles. The molecule has 0 spiro atoms. The van der Waals surface area contributed by atoms with Gasteiger partial charge in [0.15, 0.2) is 11.2 Å². The predicted molar refractivity (Wildman–Crippen MR) is 49.8 cm³/mol. The Kier molecular flexibility index (Phi) is 1.59. The number of nitrogens with zero attached hydrogens (tertiary/aromatic N) is 2. The number of nitrogens with two attached hydrogens (primary N) is 1. The molecular formula is C6H5N5OS. The van der Waals surface area contributed by atoms with Crippen molar-refractivity contribution in [2.75, 3.05) is 5.73 Å². The molecule has 2 aromatic heterocycles. The van der Waals surface area contributed by atoms with E-state index >= 15 is 0 Å². The van der Waals surface area contributed by atoms with Gasteiger partial charge in [-0.25, -0.2) is 4.98 Å². The maximum Gasteiger partial charge on any atom is 0.280 e. The van der Waals surface area contributed by atoms with E-state index in [-0.39, 0.29) is 17.0 Å². The Hall–Kier alpha value is -1.76. The lowest BCUT2D eigenvalue weighted by Crippen LogP contribution is -2.13. The van der Waals surface area contributed by atoms with Crippen molar-refractivity contribution in [3.8, 4) is 0 Å². The molecule has 0 saturated heterocycles. The molecule has 0 aliphatic carbocycles. The van der Waals surface area contributed by atoms with Gasteiger partial charge in [-0.2, -0.15) is 4.98 Å². The van der Waals surface area contributed by atoms with Crippen LogP contribution < -0.4 is 11.3 Å². The highest BCUT2D eigenvalue weighted by molar-refractivity contribution is 7.71. The van der Waals surface area contributed by atoms with Gasteiger partial charge in [0, 0.05) is 0 Å². The molecule has 0 aromatic carbocycles. The average Bonchev–Trinajstić information content (AvgIpc) is 2.02. The van der Waals surface area contributed by atoms with Crippen LogP contribution in [0.5, 0.6) is 0 Å². The molecule has 0 atom stereocenters. The Bertz CT molecular complexity index is 571. The van der Waals surface area contributed by atoms with E-state index in [0.29, 0.717) is 10.3 Å². The number of nitrogens with one attached hydrogen (secondary N) is 2. The molecular weight excluding hydrogens is 190 g/mol. The molecule has 0 bridgehead atoms. The zero-order chi connectivity index (χ0) is 9.42. The lowest BCUT2D eigenvalue weighted by atomic mass is 10.5. The molecule has 0 radical (unpaired) electrons. The standard InChI is InChI=1S/C6H5N5OS/c7-6-10-4-3(5(12)11-6)8-1-2(13)9-4/h1H,(H4,7,9,10,11,12,13). The third-order valence-electron chi connectivity index (χ3n) is 1.47. The Morgan fingerprint density at radius 2 is 2.23 bits per heavy atom. The maximum atomic E-state index is 11.2. The number of hydrogen-bond donors (Lipinski definition) is 3. The first-order chi connectivity index (χ1) is 6.16. The van der Waals surface area contributed by atoms with Crippen LogP contribution >= 0.6 is 12.2 Å². The molecule has 7 heteroatoms. The van der Waals surface area contributed by atoms with E-state index in [2.05, 4.69) is 19.9 Å². The van der Waals surface area contributed by atoms with Crippen LogP contribution in [0, 0.1) is 4.64 Å². The minimum Gasteiger partial charge on any atom is -0.369 e. The largest absolute Gasteiger partial charge is 0.369 e. The molecule has 2 rings (SSSR count). The Morgan fingerprint density at radius 1 is 1.46 bits per heavy atom. The average molecular weight is 195 g/mol. The fourth-order valence-electron chi connectivity index (χ4n) is 0.963. The van der Waals surface area contributed by atoms with Crippen molar-refractivity contribution in [3.63, 3.8) is 0 Å². The molecule has 0 amide bonds. The number of hydrogen-bond acceptors (Lipinski definition) is 5. The molecule has 2 aromatic rings. The van der Waals surface area contributed by atoms with E-state index in [9.17, 15) is 4.79 Å². The van der Waals surface area contributed by atoms with Gasteiger partial charge in [-0.15, -0.1) is 0 Å². The zero-order valence-electron chi connectivity index (χ0n) is 6.37. The molecule has 0 saturated carbocycles. The van der Waals surface area contributed by atoms with E-state index < -0.39 is 0 Å². The molecule has 6 nitrogen and oxygen atoms in total. The predicted octanol–water partition coefficient (Wildman–Crippen LogP) is -0.0421. The van der Waals surface area contributed by atoms with Gasteiger partial charge in [0.25, 0.3) is 5.56 Å². The van der Waals surface area contributed by atoms with E-state index in [0.717, 1.165) is 0 Å². The monoisotopic (exact) mass is 195 g/mol. The van der Waals surface area contributed by atoms with Crippen LogP contribution in [0.15, 0.2) is 11.0 Å². The smallest absolute Gasteiger partial charge is 0.280 e. The fourth-order valence-corrected chi connectivity index (χ4v) is 1.11. The van der Waals surface area contributed by atoms with Crippen molar-refractivity contribution >= 4 is 29.3 Å². The lowest BCUT2D eigenvalue weighted by Gasteiger charge is -1.95. The topological polar surface area (TPSA) is 100 Å². The van der Waals surface area contributed by atoms with E-state index in [1.165, 1.54) is 6.20 Å². The van der Waals surface area contributed by atoms with Crippen molar-refractivity contribution in [1.29, 1.82) is 0 Å². The van der Waals surface area contributed by atoms with E-state index in [1.807, 2.05) is 0 Å². The summed E-state index contributed by atoms with van der Waals surface area (Å²) in [6, 6.07) is 0. The zero-order valence-corrected chi connectivity index (χ0v) is 7.18. The van der Waals surface area contributed by atoms with Crippen LogP contribution in [-0.4, -0.2) is 19.9 Å². The van der Waals surface area contributed by atoms with Crippen molar-refractivity contribution < 1.29 is 0 Å². The number of aromatic amines is 2. The first kappa shape index (κ1) is 7.87. The number of rotatable bonds is 0. The number of fused-ring (bicyclic) bond motifs is 1. The first-order valence-electron chi connectivity index (χ1n) is 3.41. The number of anilines is 1. The van der Waals surface area contributed by atoms with Gasteiger partial charge in [0.2, 0.25) is 5.95 Å². The molecule has 0 aliphatic rings. The van der Waals surface area contributed by atoms with Gasteiger partial charge in [-0.1, -0.05) is 12.2 Å². The van der Waals surface area contributed by atoms with Crippen molar-refractivity contribution in [1.82, 2.24) is 19.9 Å². The summed E-state index contributed by atoms with van der Waals surface area (Å²) in [5, 5.41) is 0. The van der Waals surface area contributed by atoms with Crippen molar-refractivity contribution in [3.05, 3.63) is 21.2 Å². The van der Waals surface area contributed by atoms with Gasteiger partial charge in [-0.3, -0.25) is 9.78 Å². The Labute approximate surface area is 76.9 Å². The second-order valence-electron chi connectivity index (χ2n) is 2.40. The van der Waals surface area contributed by atoms with Gasteiger partial charge in [-0.05, 0) is 0 Å². The van der Waals surface area contributed by atoms with Crippen molar-refractivity contribution in [2.45, 2.75) is 0 Å². The van der Waals surface area contributed by atoms with Crippen LogP contribution in [0.1, 0.15) is 0 Å². The number of aromatic nitrogens is 4. The Morgan fingerprint density at radius 3 is 3.00 bits per heavy atom. The summed E-state index contributed by atoms with van der Waals surface area (Å²) in [5.74, 6) is 0.0381. The highest BCUT2D eigenvalue weighted by Crippen LogP contribution is 1.99. The number of nitrogen functional groups attached to an aromatic ring is 1. The van der Waals surface area contributed by atoms with Crippen molar-refractivity contribution in [2.24, 2.45) is 0 Å². The quantitative estimate of drug-likeness (QED) is 0.512. The molecule has 66 valence electrons. The van der Waals surface area contributed by atoms with Crippen LogP contribution in [0.25, 0.3) is 11.2 Å². The highest BCUT2D eigenvalue weighted by atomic mass is 32.1. The summed E-state index contributed by atoms with van der Waals surface area (Å²) in [5.41, 5.74) is 5.44. The van der Waals surface area contributed by atoms with E-state index in [1.54, 1.807) is 0 Å². The SMILES string of the molecule is Nc1nc2[nH]c(=S)cnc2c(=O)[nH]1. The first-order valence-corrected chi connectivity index (χ1v) is 3.82. The summed E-state index contributed by atoms with van der Waals surface area (Å²) in [6.07, 6.45) is 1.38. The summed E-state index contributed by atoms with van der Waals surface area (Å²) < 4.78 is 0.407. The Balaban J connectivity index is 3.03. The third-order valence-corrected chi connectivity index (χ3v) is 1.67. The molecule has 4 N–H and O–H groups in total. The second-order valence-corrected chi connectivity index (χ2v) is 2.84. The van der Waals surface area contributed by atoms with Crippen LogP contribution in [-0.2, 0) is 0 Å². The summed E-state index contributed by atoms with van der Waals surface area (Å²) >= 11 is 4.81. The summed E-state index contributed by atoms with van der Waals surface area (Å²) in [7, 11) is 0. The molecule has 0 unspecified atom stereocenters. The lowest BCUT2D eigenvalue weighted by molar-refractivity contribution is 1.12. The molecule has 13 heavy (non-hydrogen) atoms. The highest BCUT2D eigenvalue weighted by Gasteiger charge is 2.01. The van der Waals surface area contributed by atoms with Gasteiger partial charge >= 0.3 is 0 Å². The summed E-state index contributed by atoms with van der Waals surface area (Å²) in [4.78, 5) is 23.9.